The summed E-state index contributed by atoms with van der Waals surface area (Å²) in [6.45, 7) is 0. The minimum Gasteiger partial charge on any atom is -0.439 e. The van der Waals surface area contributed by atoms with E-state index >= 15 is 0 Å². The van der Waals surface area contributed by atoms with Crippen molar-refractivity contribution in [3.63, 3.8) is 0 Å². The van der Waals surface area contributed by atoms with Gasteiger partial charge in [-0.15, -0.1) is 0 Å². The Morgan fingerprint density at radius 3 is 0.538 bits per heavy atom. The van der Waals surface area contributed by atoms with Crippen molar-refractivity contribution in [3.8, 4) is 0 Å². The Labute approximate surface area is 89.2 Å². The fourth-order valence-electron chi connectivity index (χ4n) is 0. The first-order chi connectivity index (χ1) is 5.20. The Morgan fingerprint density at radius 1 is 0.538 bits per heavy atom. The number of hydrogen-bond acceptors (Lipinski definition) is 9. The van der Waals surface area contributed by atoms with Crippen molar-refractivity contribution in [1.29, 1.82) is 0 Å². The van der Waals surface area contributed by atoms with Crippen LogP contribution in [0.25, 0.3) is 0 Å². The summed E-state index contributed by atoms with van der Waals surface area (Å²) < 4.78 is 72.2. The van der Waals surface area contributed by atoms with E-state index in [1.807, 2.05) is 0 Å². The predicted octanol–water partition coefficient (Wildman–Crippen LogP) is -1.07. The van der Waals surface area contributed by atoms with Crippen LogP contribution >= 0.6 is 0 Å². The van der Waals surface area contributed by atoms with Crippen molar-refractivity contribution >= 4 is 50.3 Å². The molecule has 3 N–H and O–H groups in total. The fourth-order valence-corrected chi connectivity index (χ4v) is 0. The molecule has 0 rings (SSSR count). The van der Waals surface area contributed by atoms with E-state index in [2.05, 4.69) is 0 Å². The van der Waals surface area contributed by atoms with Gasteiger partial charge >= 0.3 is 17.4 Å². The van der Waals surface area contributed by atoms with Crippen LogP contribution in [-0.2, 0) is 58.2 Å². The summed E-state index contributed by atoms with van der Waals surface area (Å²) in [4.78, 5) is 0. The largest absolute Gasteiger partial charge is 3.00 e. The van der Waals surface area contributed by atoms with Gasteiger partial charge in [-0.2, -0.15) is 0 Å². The Balaban J connectivity index is -0.0000000450. The topological polar surface area (TPSA) is 163 Å². The molecule has 13 heteroatoms. The molecule has 0 radical (unpaired) electrons. The van der Waals surface area contributed by atoms with Crippen LogP contribution in [0.3, 0.4) is 0 Å². The third kappa shape index (κ3) is 18700. The zero-order valence-corrected chi connectivity index (χ0v) is 9.20. The molecule has 0 aliphatic carbocycles. The van der Waals surface area contributed by atoms with Crippen LogP contribution in [-0.4, -0.2) is 31.0 Å². The Kier molecular flexibility index (Phi) is 32.4. The molecule has 0 saturated heterocycles. The Morgan fingerprint density at radius 2 is 0.538 bits per heavy atom. The zero-order chi connectivity index (χ0) is 10.7. The third-order valence-electron chi connectivity index (χ3n) is 0. The summed E-state index contributed by atoms with van der Waals surface area (Å²) in [6.07, 6.45) is 0. The Bertz CT molecular complexity index is 208. The second-order valence-corrected chi connectivity index (χ2v) is 1.95. The summed E-state index contributed by atoms with van der Waals surface area (Å²) >= 11 is 0. The maximum Gasteiger partial charge on any atom is 3.00 e. The smallest absolute Gasteiger partial charge is 0.439 e. The van der Waals surface area contributed by atoms with Crippen molar-refractivity contribution in [1.82, 2.24) is 0 Å². The van der Waals surface area contributed by atoms with Crippen LogP contribution in [0.5, 0.6) is 0 Å². The van der Waals surface area contributed by atoms with Gasteiger partial charge in [-0.25, -0.2) is 0 Å². The molecule has 0 atom stereocenters. The van der Waals surface area contributed by atoms with E-state index in [0.717, 1.165) is 0 Å². The molecular weight excluding hydrogens is 267 g/mol. The first-order valence-electron chi connectivity index (χ1n) is 1.55. The molecule has 0 aromatic carbocycles. The molecule has 13 heavy (non-hydrogen) atoms. The SMILES string of the molecule is O=[S-](=O)O.O=[S-](=O)O.O=[S-](=O)O.[Al+3]. The van der Waals surface area contributed by atoms with Crippen molar-refractivity contribution < 1.29 is 38.9 Å². The second-order valence-electron chi connectivity index (χ2n) is 0.651. The molecule has 0 bridgehead atoms. The van der Waals surface area contributed by atoms with Crippen molar-refractivity contribution in [2.75, 3.05) is 0 Å². The second kappa shape index (κ2) is 18.1. The molecule has 0 aromatic rings. The molecule has 0 unspecified atom stereocenters. The van der Waals surface area contributed by atoms with Gasteiger partial charge in [0.25, 0.3) is 0 Å². The van der Waals surface area contributed by atoms with Gasteiger partial charge in [0.1, 0.15) is 0 Å². The van der Waals surface area contributed by atoms with Gasteiger partial charge in [0.2, 0.25) is 0 Å². The monoisotopic (exact) mass is 270 g/mol. The van der Waals surface area contributed by atoms with Crippen LogP contribution in [0.15, 0.2) is 0 Å². The molecule has 0 amide bonds. The zero-order valence-electron chi connectivity index (χ0n) is 5.59. The Hall–Kier alpha value is 0.262. The maximum atomic E-state index is 8.56. The molecular formula is H3AlO9S3. The average Bonchev–Trinajstić information content (AvgIpc) is 1.54. The molecule has 0 heterocycles. The van der Waals surface area contributed by atoms with Crippen LogP contribution in [0.4, 0.5) is 0 Å². The van der Waals surface area contributed by atoms with E-state index in [4.69, 9.17) is 38.9 Å². The molecule has 0 aliphatic rings. The molecule has 0 aromatic heterocycles. The summed E-state index contributed by atoms with van der Waals surface area (Å²) in [5.41, 5.74) is 0. The fraction of sp³-hybridized carbons (Fsp3) is 0. The van der Waals surface area contributed by atoms with E-state index in [1.54, 1.807) is 0 Å². The van der Waals surface area contributed by atoms with Gasteiger partial charge in [-0.05, 0) is 0 Å². The average molecular weight is 270 g/mol. The molecule has 0 aliphatic heterocycles. The van der Waals surface area contributed by atoms with Gasteiger partial charge in [-0.3, -0.25) is 0 Å². The van der Waals surface area contributed by atoms with E-state index in [-0.39, 0.29) is 17.4 Å². The standard InChI is InChI=1S/Al.3HO3S/c;3*1-4(2)3/h;3*(H,1,2,3)/q+3;3*-1. The van der Waals surface area contributed by atoms with Crippen LogP contribution in [0.2, 0.25) is 0 Å². The van der Waals surface area contributed by atoms with Crippen LogP contribution in [0.1, 0.15) is 0 Å². The van der Waals surface area contributed by atoms with Crippen molar-refractivity contribution in [3.05, 3.63) is 0 Å². The van der Waals surface area contributed by atoms with E-state index < -0.39 is 33.0 Å². The van der Waals surface area contributed by atoms with E-state index in [1.165, 1.54) is 0 Å². The first-order valence-corrected chi connectivity index (χ1v) is 4.64. The van der Waals surface area contributed by atoms with Crippen LogP contribution in [0, 0.1) is 0 Å². The predicted molar refractivity (Wildman–Crippen MR) is 39.9 cm³/mol. The minimum atomic E-state index is -2.86. The molecule has 78 valence electrons. The molecule has 0 fully saturated rings. The normalized spacial score (nSPS) is 7.85. The third-order valence-corrected chi connectivity index (χ3v) is 0. The van der Waals surface area contributed by atoms with Gasteiger partial charge in [-0.1, -0.05) is 0 Å². The number of hydrogen-bond donors (Lipinski definition) is 3. The number of rotatable bonds is 0. The van der Waals surface area contributed by atoms with E-state index in [0.29, 0.717) is 0 Å². The summed E-state index contributed by atoms with van der Waals surface area (Å²) in [7, 11) is -8.58. The van der Waals surface area contributed by atoms with Crippen molar-refractivity contribution in [2.24, 2.45) is 0 Å². The molecule has 0 spiro atoms. The molecule has 0 saturated carbocycles. The van der Waals surface area contributed by atoms with Gasteiger partial charge in [0.15, 0.2) is 0 Å². The van der Waals surface area contributed by atoms with Gasteiger partial charge in [0.05, 0.1) is 0 Å². The molecule has 9 nitrogen and oxygen atoms in total. The minimum absolute atomic E-state index is 0. The summed E-state index contributed by atoms with van der Waals surface area (Å²) in [6, 6.07) is 0. The van der Waals surface area contributed by atoms with Gasteiger partial charge < -0.3 is 38.9 Å². The van der Waals surface area contributed by atoms with Crippen molar-refractivity contribution in [2.45, 2.75) is 0 Å². The van der Waals surface area contributed by atoms with Gasteiger partial charge in [0, 0.05) is 33.0 Å². The van der Waals surface area contributed by atoms with E-state index in [9.17, 15) is 0 Å². The first kappa shape index (κ1) is 23.2. The summed E-state index contributed by atoms with van der Waals surface area (Å²) in [5, 5.41) is 0. The quantitative estimate of drug-likeness (QED) is 0.215. The van der Waals surface area contributed by atoms with Crippen LogP contribution < -0.4 is 0 Å². The maximum absolute atomic E-state index is 8.56. The summed E-state index contributed by atoms with van der Waals surface area (Å²) in [5.74, 6) is 0.